The summed E-state index contributed by atoms with van der Waals surface area (Å²) in [6.45, 7) is 12.3. The molecular weight excluding hydrogens is 336 g/mol. The molecule has 0 aromatic heterocycles. The van der Waals surface area contributed by atoms with E-state index < -0.39 is 14.4 Å². The van der Waals surface area contributed by atoms with Crippen LogP contribution in [0.25, 0.3) is 0 Å². The number of carbonyl (C=O) groups excluding carboxylic acids is 1. The number of allylic oxidation sites excluding steroid dienone is 1. The van der Waals surface area contributed by atoms with Gasteiger partial charge in [0.15, 0.2) is 5.78 Å². The molecular formula is C23H30O2Si. The molecule has 0 N–H and O–H groups in total. The van der Waals surface area contributed by atoms with E-state index in [1.165, 1.54) is 10.4 Å². The van der Waals surface area contributed by atoms with Gasteiger partial charge in [0.05, 0.1) is 0 Å². The number of carbonyl (C=O) groups is 1. The van der Waals surface area contributed by atoms with Gasteiger partial charge in [-0.25, -0.2) is 0 Å². The first-order chi connectivity index (χ1) is 12.3. The second kappa shape index (κ2) is 8.61. The van der Waals surface area contributed by atoms with Crippen molar-refractivity contribution in [1.82, 2.24) is 0 Å². The normalized spacial score (nSPS) is 13.2. The lowest BCUT2D eigenvalue weighted by atomic mass is 10.1. The number of hydrogen-bond donors (Lipinski definition) is 0. The molecule has 0 saturated carbocycles. The Kier molecular flexibility index (Phi) is 6.73. The third kappa shape index (κ3) is 4.22. The van der Waals surface area contributed by atoms with Crippen LogP contribution < -0.4 is 10.4 Å². The number of hydrogen-bond acceptors (Lipinski definition) is 2. The Labute approximate surface area is 159 Å². The number of rotatable bonds is 8. The molecule has 0 fully saturated rings. The Morgan fingerprint density at radius 3 is 1.88 bits per heavy atom. The van der Waals surface area contributed by atoms with Gasteiger partial charge in [-0.1, -0.05) is 87.5 Å². The van der Waals surface area contributed by atoms with Crippen LogP contribution >= 0.6 is 0 Å². The van der Waals surface area contributed by atoms with Gasteiger partial charge in [0.1, 0.15) is 6.10 Å². The van der Waals surface area contributed by atoms with E-state index in [-0.39, 0.29) is 10.8 Å². The second-order valence-electron chi connectivity index (χ2n) is 7.72. The fourth-order valence-electron chi connectivity index (χ4n) is 3.47. The molecule has 26 heavy (non-hydrogen) atoms. The van der Waals surface area contributed by atoms with Gasteiger partial charge in [-0.05, 0) is 28.8 Å². The van der Waals surface area contributed by atoms with Crippen LogP contribution in [0.2, 0.25) is 5.04 Å². The summed E-state index contributed by atoms with van der Waals surface area (Å²) in [5.41, 5.74) is 0. The van der Waals surface area contributed by atoms with Crippen molar-refractivity contribution < 1.29 is 9.22 Å². The minimum atomic E-state index is -2.66. The summed E-state index contributed by atoms with van der Waals surface area (Å²) in [6.07, 6.45) is 2.50. The summed E-state index contributed by atoms with van der Waals surface area (Å²) in [6, 6.07) is 20.8. The highest BCUT2D eigenvalue weighted by atomic mass is 28.4. The van der Waals surface area contributed by atoms with Gasteiger partial charge in [0.25, 0.3) is 8.32 Å². The van der Waals surface area contributed by atoms with Gasteiger partial charge in [-0.15, -0.1) is 6.58 Å². The average Bonchev–Trinajstić information content (AvgIpc) is 2.64. The average molecular weight is 367 g/mol. The number of ketones is 1. The first kappa shape index (κ1) is 20.3. The highest BCUT2D eigenvalue weighted by molar-refractivity contribution is 6.99. The van der Waals surface area contributed by atoms with Crippen molar-refractivity contribution in [1.29, 1.82) is 0 Å². The lowest BCUT2D eigenvalue weighted by Gasteiger charge is -2.44. The quantitative estimate of drug-likeness (QED) is 0.508. The van der Waals surface area contributed by atoms with Crippen LogP contribution in [0, 0.1) is 0 Å². The molecule has 0 bridgehead atoms. The largest absolute Gasteiger partial charge is 0.398 e. The molecule has 0 unspecified atom stereocenters. The fourth-order valence-corrected chi connectivity index (χ4v) is 8.15. The monoisotopic (exact) mass is 366 g/mol. The van der Waals surface area contributed by atoms with E-state index in [9.17, 15) is 4.79 Å². The predicted octanol–water partition coefficient (Wildman–Crippen LogP) is 4.49. The van der Waals surface area contributed by atoms with E-state index in [0.717, 1.165) is 0 Å². The maximum Gasteiger partial charge on any atom is 0.262 e. The topological polar surface area (TPSA) is 26.3 Å². The lowest BCUT2D eigenvalue weighted by Crippen LogP contribution is -2.68. The molecule has 0 heterocycles. The molecule has 0 aliphatic carbocycles. The van der Waals surface area contributed by atoms with Crippen LogP contribution in [-0.2, 0) is 9.22 Å². The van der Waals surface area contributed by atoms with Gasteiger partial charge in [-0.2, -0.15) is 0 Å². The molecule has 0 aliphatic heterocycles. The van der Waals surface area contributed by atoms with E-state index in [1.54, 1.807) is 6.08 Å². The minimum absolute atomic E-state index is 0.122. The van der Waals surface area contributed by atoms with Gasteiger partial charge in [-0.3, -0.25) is 4.79 Å². The summed E-state index contributed by atoms with van der Waals surface area (Å²) >= 11 is 0. The van der Waals surface area contributed by atoms with Gasteiger partial charge < -0.3 is 4.43 Å². The Morgan fingerprint density at radius 2 is 1.50 bits per heavy atom. The van der Waals surface area contributed by atoms with E-state index in [2.05, 4.69) is 75.9 Å². The summed E-state index contributed by atoms with van der Waals surface area (Å²) in [7, 11) is -2.66. The van der Waals surface area contributed by atoms with Crippen molar-refractivity contribution in [2.45, 2.75) is 51.7 Å². The van der Waals surface area contributed by atoms with E-state index in [4.69, 9.17) is 4.43 Å². The van der Waals surface area contributed by atoms with E-state index >= 15 is 0 Å². The number of Topliss-reactive ketones (excluding diaryl/α,β-unsaturated/α-hetero) is 1. The molecule has 0 aliphatic rings. The molecule has 3 heteroatoms. The van der Waals surface area contributed by atoms with Gasteiger partial charge in [0.2, 0.25) is 0 Å². The molecule has 2 aromatic rings. The van der Waals surface area contributed by atoms with Crippen molar-refractivity contribution in [2.75, 3.05) is 0 Å². The predicted molar refractivity (Wildman–Crippen MR) is 113 cm³/mol. The van der Waals surface area contributed by atoms with Crippen molar-refractivity contribution in [3.63, 3.8) is 0 Å². The Morgan fingerprint density at radius 1 is 1.04 bits per heavy atom. The first-order valence-corrected chi connectivity index (χ1v) is 11.2. The standard InChI is InChI=1S/C23H30O2Si/c1-6-7-18-22(24)19(2)25-26(23(3,4)5,20-14-10-8-11-15-20)21-16-12-9-13-17-21/h6,8-17,19H,1,7,18H2,2-5H3/t19-/m1/s1. The van der Waals surface area contributed by atoms with Crippen LogP contribution in [0.1, 0.15) is 40.5 Å². The molecule has 0 spiro atoms. The van der Waals surface area contributed by atoms with Crippen LogP contribution in [0.5, 0.6) is 0 Å². The Balaban J connectivity index is 2.57. The molecule has 0 amide bonds. The summed E-state index contributed by atoms with van der Waals surface area (Å²) < 4.78 is 6.79. The summed E-state index contributed by atoms with van der Waals surface area (Å²) in [5, 5.41) is 2.27. The highest BCUT2D eigenvalue weighted by Crippen LogP contribution is 2.37. The first-order valence-electron chi connectivity index (χ1n) is 9.25. The fraction of sp³-hybridized carbons (Fsp3) is 0.348. The van der Waals surface area contributed by atoms with E-state index in [0.29, 0.717) is 12.8 Å². The van der Waals surface area contributed by atoms with Crippen molar-refractivity contribution >= 4 is 24.5 Å². The van der Waals surface area contributed by atoms with Crippen molar-refractivity contribution in [3.05, 3.63) is 73.3 Å². The zero-order chi connectivity index (χ0) is 19.2. The van der Waals surface area contributed by atoms with Crippen LogP contribution in [0.3, 0.4) is 0 Å². The zero-order valence-electron chi connectivity index (χ0n) is 16.4. The van der Waals surface area contributed by atoms with E-state index in [1.807, 2.05) is 19.1 Å². The van der Waals surface area contributed by atoms with Crippen LogP contribution in [0.4, 0.5) is 0 Å². The molecule has 2 nitrogen and oxygen atoms in total. The maximum absolute atomic E-state index is 12.6. The van der Waals surface area contributed by atoms with Gasteiger partial charge in [0, 0.05) is 6.42 Å². The smallest absolute Gasteiger partial charge is 0.262 e. The highest BCUT2D eigenvalue weighted by Gasteiger charge is 2.51. The summed E-state index contributed by atoms with van der Waals surface area (Å²) in [4.78, 5) is 12.6. The maximum atomic E-state index is 12.6. The summed E-state index contributed by atoms with van der Waals surface area (Å²) in [5.74, 6) is 0.137. The van der Waals surface area contributed by atoms with Crippen LogP contribution in [-0.4, -0.2) is 20.2 Å². The molecule has 2 rings (SSSR count). The van der Waals surface area contributed by atoms with Crippen LogP contribution in [0.15, 0.2) is 73.3 Å². The third-order valence-electron chi connectivity index (χ3n) is 4.82. The molecule has 0 saturated heterocycles. The SMILES string of the molecule is C=CCCC(=O)[C@@H](C)O[Si](c1ccccc1)(c1ccccc1)C(C)(C)C. The molecule has 138 valence electrons. The lowest BCUT2D eigenvalue weighted by molar-refractivity contribution is -0.125. The second-order valence-corrected chi connectivity index (χ2v) is 12.0. The molecule has 2 aromatic carbocycles. The van der Waals surface area contributed by atoms with Crippen molar-refractivity contribution in [2.24, 2.45) is 0 Å². The molecule has 1 atom stereocenters. The zero-order valence-corrected chi connectivity index (χ0v) is 17.4. The minimum Gasteiger partial charge on any atom is -0.398 e. The third-order valence-corrected chi connectivity index (χ3v) is 9.93. The Bertz CT molecular complexity index is 677. The van der Waals surface area contributed by atoms with Crippen molar-refractivity contribution in [3.8, 4) is 0 Å². The number of benzene rings is 2. The Hall–Kier alpha value is -1.97. The molecule has 0 radical (unpaired) electrons. The van der Waals surface area contributed by atoms with Gasteiger partial charge >= 0.3 is 0 Å².